The van der Waals surface area contributed by atoms with Crippen LogP contribution in [0.3, 0.4) is 0 Å². The lowest BCUT2D eigenvalue weighted by atomic mass is 10.1. The molecule has 1 aromatic carbocycles. The maximum Gasteiger partial charge on any atom is 0.247 e. The number of rotatable bonds is 8. The molecule has 1 fully saturated rings. The Hall–Kier alpha value is -1.96. The lowest BCUT2D eigenvalue weighted by molar-refractivity contribution is -0.130. The first-order valence-corrected chi connectivity index (χ1v) is 8.79. The molecule has 0 spiro atoms. The van der Waals surface area contributed by atoms with Crippen molar-refractivity contribution in [3.8, 4) is 0 Å². The molecule has 2 atom stereocenters. The van der Waals surface area contributed by atoms with Gasteiger partial charge in [-0.2, -0.15) is 0 Å². The average Bonchev–Trinajstić information content (AvgIpc) is 2.64. The normalized spacial score (nSPS) is 19.2. The third kappa shape index (κ3) is 6.12. The van der Waals surface area contributed by atoms with E-state index < -0.39 is 18.6 Å². The van der Waals surface area contributed by atoms with Crippen LogP contribution in [-0.4, -0.2) is 67.2 Å². The highest BCUT2D eigenvalue weighted by molar-refractivity contribution is 5.88. The minimum absolute atomic E-state index is 0.263. The minimum atomic E-state index is -0.793. The van der Waals surface area contributed by atoms with Gasteiger partial charge in [-0.25, -0.2) is 0 Å². The van der Waals surface area contributed by atoms with Gasteiger partial charge in [0, 0.05) is 38.8 Å². The Labute approximate surface area is 148 Å². The molecule has 2 rings (SSSR count). The number of amides is 2. The monoisotopic (exact) mass is 348 g/mol. The van der Waals surface area contributed by atoms with E-state index in [4.69, 9.17) is 5.11 Å². The van der Waals surface area contributed by atoms with Crippen LogP contribution in [0, 0.1) is 0 Å². The highest BCUT2D eigenvalue weighted by Crippen LogP contribution is 2.12. The van der Waals surface area contributed by atoms with Crippen LogP contribution < -0.4 is 16.0 Å². The first-order chi connectivity index (χ1) is 12.1. The van der Waals surface area contributed by atoms with Crippen LogP contribution in [-0.2, 0) is 9.59 Å². The number of hydrogen-bond donors (Lipinski definition) is 4. The van der Waals surface area contributed by atoms with Crippen LogP contribution in [0.15, 0.2) is 30.3 Å². The second kappa shape index (κ2) is 10.1. The number of nitrogens with zero attached hydrogens (tertiary/aromatic N) is 1. The summed E-state index contributed by atoms with van der Waals surface area (Å²) in [5, 5.41) is 17.7. The van der Waals surface area contributed by atoms with Crippen LogP contribution in [0.5, 0.6) is 0 Å². The van der Waals surface area contributed by atoms with Crippen LogP contribution >= 0.6 is 0 Å². The van der Waals surface area contributed by atoms with Crippen molar-refractivity contribution in [3.63, 3.8) is 0 Å². The Kier molecular flexibility index (Phi) is 7.84. The molecule has 1 aliphatic heterocycles. The second-order valence-electron chi connectivity index (χ2n) is 6.30. The molecule has 1 heterocycles. The van der Waals surface area contributed by atoms with Gasteiger partial charge in [-0.05, 0) is 18.9 Å². The zero-order valence-corrected chi connectivity index (χ0v) is 14.7. The van der Waals surface area contributed by atoms with Crippen LogP contribution in [0.2, 0.25) is 0 Å². The summed E-state index contributed by atoms with van der Waals surface area (Å²) in [4.78, 5) is 26.4. The van der Waals surface area contributed by atoms with Gasteiger partial charge in [0.1, 0.15) is 12.6 Å². The second-order valence-corrected chi connectivity index (χ2v) is 6.30. The summed E-state index contributed by atoms with van der Waals surface area (Å²) in [6.45, 7) is 6.05. The van der Waals surface area contributed by atoms with E-state index in [0.717, 1.165) is 32.6 Å². The quantitative estimate of drug-likeness (QED) is 0.481. The van der Waals surface area contributed by atoms with Crippen LogP contribution in [0.4, 0.5) is 0 Å². The van der Waals surface area contributed by atoms with E-state index in [0.29, 0.717) is 18.2 Å². The SMILES string of the molecule is C[C@@H]1CNCCN1CCCNC(=O)C(NC(=O)CO)c1ccccc1. The van der Waals surface area contributed by atoms with Gasteiger partial charge in [-0.1, -0.05) is 30.3 Å². The lowest BCUT2D eigenvalue weighted by Gasteiger charge is -2.33. The molecule has 1 aliphatic rings. The van der Waals surface area contributed by atoms with Gasteiger partial charge in [0.25, 0.3) is 0 Å². The molecule has 0 aliphatic carbocycles. The van der Waals surface area contributed by atoms with Crippen LogP contribution in [0.1, 0.15) is 24.9 Å². The Balaban J connectivity index is 1.83. The minimum Gasteiger partial charge on any atom is -0.387 e. The van der Waals surface area contributed by atoms with Gasteiger partial charge in [-0.3, -0.25) is 14.5 Å². The molecule has 1 aromatic rings. The van der Waals surface area contributed by atoms with Gasteiger partial charge in [-0.15, -0.1) is 0 Å². The van der Waals surface area contributed by atoms with E-state index in [2.05, 4.69) is 27.8 Å². The predicted octanol–water partition coefficient (Wildman–Crippen LogP) is -0.364. The number of aliphatic hydroxyl groups is 1. The first kappa shape index (κ1) is 19.4. The molecule has 7 heteroatoms. The van der Waals surface area contributed by atoms with Gasteiger partial charge in [0.15, 0.2) is 0 Å². The van der Waals surface area contributed by atoms with Gasteiger partial charge in [0.05, 0.1) is 0 Å². The summed E-state index contributed by atoms with van der Waals surface area (Å²) in [6.07, 6.45) is 0.853. The zero-order valence-electron chi connectivity index (χ0n) is 14.7. The van der Waals surface area contributed by atoms with Gasteiger partial charge >= 0.3 is 0 Å². The third-order valence-corrected chi connectivity index (χ3v) is 4.40. The molecule has 0 saturated carbocycles. The third-order valence-electron chi connectivity index (χ3n) is 4.40. The van der Waals surface area contributed by atoms with Gasteiger partial charge in [0.2, 0.25) is 11.8 Å². The van der Waals surface area contributed by atoms with Crippen molar-refractivity contribution < 1.29 is 14.7 Å². The van der Waals surface area contributed by atoms with E-state index >= 15 is 0 Å². The molecule has 4 N–H and O–H groups in total. The fourth-order valence-corrected chi connectivity index (χ4v) is 2.96. The van der Waals surface area contributed by atoms with E-state index in [1.165, 1.54) is 0 Å². The number of piperazine rings is 1. The molecule has 7 nitrogen and oxygen atoms in total. The molecular weight excluding hydrogens is 320 g/mol. The number of carbonyl (C=O) groups excluding carboxylic acids is 2. The van der Waals surface area contributed by atoms with Crippen molar-refractivity contribution in [2.75, 3.05) is 39.3 Å². The Morgan fingerprint density at radius 1 is 1.36 bits per heavy atom. The lowest BCUT2D eigenvalue weighted by Crippen LogP contribution is -2.50. The highest BCUT2D eigenvalue weighted by Gasteiger charge is 2.22. The van der Waals surface area contributed by atoms with Crippen molar-refractivity contribution in [1.29, 1.82) is 0 Å². The molecule has 0 aromatic heterocycles. The Bertz CT molecular complexity index is 553. The number of nitrogens with one attached hydrogen (secondary N) is 3. The summed E-state index contributed by atoms with van der Waals surface area (Å²) in [5.41, 5.74) is 0.692. The van der Waals surface area contributed by atoms with Crippen molar-refractivity contribution >= 4 is 11.8 Å². The highest BCUT2D eigenvalue weighted by atomic mass is 16.3. The predicted molar refractivity (Wildman–Crippen MR) is 95.9 cm³/mol. The summed E-state index contributed by atoms with van der Waals surface area (Å²) in [5.74, 6) is -0.833. The molecule has 1 saturated heterocycles. The van der Waals surface area contributed by atoms with Crippen molar-refractivity contribution in [3.05, 3.63) is 35.9 Å². The largest absolute Gasteiger partial charge is 0.387 e. The Morgan fingerprint density at radius 2 is 2.12 bits per heavy atom. The van der Waals surface area contributed by atoms with Gasteiger partial charge < -0.3 is 21.1 Å². The molecule has 1 unspecified atom stereocenters. The summed E-state index contributed by atoms with van der Waals surface area (Å²) in [7, 11) is 0. The first-order valence-electron chi connectivity index (χ1n) is 8.79. The maximum atomic E-state index is 12.5. The number of benzene rings is 1. The molecule has 2 amide bonds. The average molecular weight is 348 g/mol. The van der Waals surface area contributed by atoms with E-state index in [-0.39, 0.29) is 5.91 Å². The molecule has 0 radical (unpaired) electrons. The fraction of sp³-hybridized carbons (Fsp3) is 0.556. The number of hydrogen-bond acceptors (Lipinski definition) is 5. The summed E-state index contributed by atoms with van der Waals surface area (Å²) in [6, 6.07) is 8.75. The number of carbonyl (C=O) groups is 2. The smallest absolute Gasteiger partial charge is 0.247 e. The zero-order chi connectivity index (χ0) is 18.1. The molecule has 0 bridgehead atoms. The van der Waals surface area contributed by atoms with E-state index in [1.54, 1.807) is 12.1 Å². The Morgan fingerprint density at radius 3 is 2.80 bits per heavy atom. The molecule has 25 heavy (non-hydrogen) atoms. The molecule has 138 valence electrons. The van der Waals surface area contributed by atoms with E-state index in [1.807, 2.05) is 18.2 Å². The van der Waals surface area contributed by atoms with E-state index in [9.17, 15) is 9.59 Å². The summed E-state index contributed by atoms with van der Waals surface area (Å²) >= 11 is 0. The summed E-state index contributed by atoms with van der Waals surface area (Å²) < 4.78 is 0. The van der Waals surface area contributed by atoms with Crippen molar-refractivity contribution in [2.24, 2.45) is 0 Å². The standard InChI is InChI=1S/C18H28N4O3/c1-14-12-19-9-11-22(14)10-5-8-20-18(25)17(21-16(24)13-23)15-6-3-2-4-7-15/h2-4,6-7,14,17,19,23H,5,8-13H2,1H3,(H,20,25)(H,21,24)/t14-,17?/m1/s1. The fourth-order valence-electron chi connectivity index (χ4n) is 2.96. The van der Waals surface area contributed by atoms with Crippen molar-refractivity contribution in [2.45, 2.75) is 25.4 Å². The van der Waals surface area contributed by atoms with Crippen LogP contribution in [0.25, 0.3) is 0 Å². The molecular formula is C18H28N4O3. The number of aliphatic hydroxyl groups excluding tert-OH is 1. The maximum absolute atomic E-state index is 12.5. The topological polar surface area (TPSA) is 93.7 Å². The van der Waals surface area contributed by atoms with Crippen molar-refractivity contribution in [1.82, 2.24) is 20.9 Å².